The number of fused-ring (bicyclic) bond motifs is 2. The number of esters is 1. The molecule has 3 saturated heterocycles. The van der Waals surface area contributed by atoms with Crippen molar-refractivity contribution in [1.82, 2.24) is 34.9 Å². The molecule has 19 heteroatoms. The summed E-state index contributed by atoms with van der Waals surface area (Å²) >= 11 is 0. The Labute approximate surface area is 367 Å². The quantitative estimate of drug-likeness (QED) is 0.115. The standard InChI is InChI=1S/C44H64N8O11/c1-43(2,3)62-40(59)28(16-20-34(45)53)46-37(56)31-18-15-27-22-23-50(25-29(39(58)51(27)31)47-41(60)63-44(4,5)6)36(55)13-11-9-8-10-12-26-14-17-30-33(24-26)49(7)42(61)52(30)32-19-21-35(54)48-38(32)57/h14,17,24,27-29,31-32H,8-13,15-16,18-23,25H2,1-7H3,(H2,45,53)(H,46,56)(H,47,60)(H,48,54,57)/t27-,28+,29+,31+,32?/m1/s1. The summed E-state index contributed by atoms with van der Waals surface area (Å²) in [7, 11) is 1.66. The van der Waals surface area contributed by atoms with Crippen LogP contribution in [0, 0.1) is 0 Å². The molecule has 346 valence electrons. The van der Waals surface area contributed by atoms with E-state index in [1.165, 1.54) is 14.0 Å². The minimum Gasteiger partial charge on any atom is -0.458 e. The number of aryl methyl sites for hydroxylation is 2. The summed E-state index contributed by atoms with van der Waals surface area (Å²) in [6.45, 7) is 10.2. The molecule has 2 aromatic rings. The van der Waals surface area contributed by atoms with E-state index in [4.69, 9.17) is 15.2 Å². The number of alkyl carbamates (subject to hydrolysis) is 1. The fourth-order valence-electron chi connectivity index (χ4n) is 8.50. The van der Waals surface area contributed by atoms with Gasteiger partial charge in [-0.1, -0.05) is 18.9 Å². The van der Waals surface area contributed by atoms with Crippen molar-refractivity contribution in [2.24, 2.45) is 12.8 Å². The first kappa shape index (κ1) is 48.3. The van der Waals surface area contributed by atoms with Gasteiger partial charge in [-0.3, -0.25) is 43.2 Å². The van der Waals surface area contributed by atoms with E-state index < -0.39 is 77.1 Å². The number of carbonyl (C=O) groups excluding carboxylic acids is 8. The minimum atomic E-state index is -1.23. The van der Waals surface area contributed by atoms with Crippen LogP contribution in [0.2, 0.25) is 0 Å². The monoisotopic (exact) mass is 880 g/mol. The summed E-state index contributed by atoms with van der Waals surface area (Å²) in [5.41, 5.74) is 5.62. The summed E-state index contributed by atoms with van der Waals surface area (Å²) in [6, 6.07) is 1.13. The molecule has 0 radical (unpaired) electrons. The highest BCUT2D eigenvalue weighted by Gasteiger charge is 2.46. The second-order valence-electron chi connectivity index (χ2n) is 18.8. The maximum Gasteiger partial charge on any atom is 0.408 e. The van der Waals surface area contributed by atoms with Crippen LogP contribution in [0.4, 0.5) is 4.79 Å². The lowest BCUT2D eigenvalue weighted by Crippen LogP contribution is -2.62. The molecule has 0 aliphatic carbocycles. The lowest BCUT2D eigenvalue weighted by molar-refractivity contribution is -0.159. The Kier molecular flexibility index (Phi) is 15.5. The number of nitrogens with one attached hydrogen (secondary N) is 3. The first-order chi connectivity index (χ1) is 29.5. The Morgan fingerprint density at radius 1 is 0.873 bits per heavy atom. The Hall–Kier alpha value is -5.75. The van der Waals surface area contributed by atoms with Crippen LogP contribution in [0.1, 0.15) is 130 Å². The molecule has 3 aliphatic heterocycles. The molecule has 5 rings (SSSR count). The van der Waals surface area contributed by atoms with Crippen molar-refractivity contribution in [1.29, 1.82) is 0 Å². The third-order valence-electron chi connectivity index (χ3n) is 11.5. The van der Waals surface area contributed by atoms with Gasteiger partial charge in [0, 0.05) is 38.9 Å². The van der Waals surface area contributed by atoms with Gasteiger partial charge in [-0.15, -0.1) is 0 Å². The van der Waals surface area contributed by atoms with Crippen molar-refractivity contribution < 1.29 is 47.8 Å². The third kappa shape index (κ3) is 12.7. The van der Waals surface area contributed by atoms with Crippen LogP contribution in [-0.2, 0) is 56.5 Å². The number of benzene rings is 1. The average molecular weight is 881 g/mol. The first-order valence-electron chi connectivity index (χ1n) is 22.0. The molecule has 5 N–H and O–H groups in total. The zero-order valence-corrected chi connectivity index (χ0v) is 37.6. The number of primary amides is 1. The van der Waals surface area contributed by atoms with E-state index in [9.17, 15) is 43.2 Å². The molecule has 1 unspecified atom stereocenters. The Morgan fingerprint density at radius 3 is 2.24 bits per heavy atom. The molecule has 1 aromatic heterocycles. The highest BCUT2D eigenvalue weighted by atomic mass is 16.6. The largest absolute Gasteiger partial charge is 0.458 e. The number of hydrogen-bond acceptors (Lipinski definition) is 11. The molecule has 3 fully saturated rings. The van der Waals surface area contributed by atoms with Crippen molar-refractivity contribution in [2.45, 2.75) is 166 Å². The van der Waals surface area contributed by atoms with Crippen LogP contribution in [0.25, 0.3) is 11.0 Å². The highest BCUT2D eigenvalue weighted by Crippen LogP contribution is 2.31. The van der Waals surface area contributed by atoms with E-state index in [0.717, 1.165) is 31.2 Å². The third-order valence-corrected chi connectivity index (χ3v) is 11.5. The topological polar surface area (TPSA) is 251 Å². The van der Waals surface area contributed by atoms with E-state index in [-0.39, 0.29) is 69.1 Å². The molecule has 1 aromatic carbocycles. The molecule has 7 amide bonds. The van der Waals surface area contributed by atoms with Crippen LogP contribution in [0.15, 0.2) is 23.0 Å². The molecule has 19 nitrogen and oxygen atoms in total. The number of imide groups is 1. The van der Waals surface area contributed by atoms with Crippen LogP contribution >= 0.6 is 0 Å². The zero-order valence-electron chi connectivity index (χ0n) is 37.6. The van der Waals surface area contributed by atoms with E-state index in [0.29, 0.717) is 30.3 Å². The van der Waals surface area contributed by atoms with Gasteiger partial charge in [0.25, 0.3) is 0 Å². The number of carbonyl (C=O) groups is 8. The predicted molar refractivity (Wildman–Crippen MR) is 230 cm³/mol. The van der Waals surface area contributed by atoms with Gasteiger partial charge < -0.3 is 35.6 Å². The normalized spacial score (nSPS) is 21.2. The minimum absolute atomic E-state index is 0.0930. The fourth-order valence-corrected chi connectivity index (χ4v) is 8.50. The van der Waals surface area contributed by atoms with Crippen LogP contribution in [0.5, 0.6) is 0 Å². The summed E-state index contributed by atoms with van der Waals surface area (Å²) < 4.78 is 13.9. The fraction of sp³-hybridized carbons (Fsp3) is 0.659. The molecule has 0 spiro atoms. The molecule has 5 atom stereocenters. The van der Waals surface area contributed by atoms with E-state index in [1.54, 1.807) is 53.5 Å². The van der Waals surface area contributed by atoms with Gasteiger partial charge in [0.1, 0.15) is 35.4 Å². The van der Waals surface area contributed by atoms with Gasteiger partial charge in [-0.25, -0.2) is 14.4 Å². The zero-order chi connectivity index (χ0) is 46.4. The van der Waals surface area contributed by atoms with Gasteiger partial charge >= 0.3 is 17.8 Å². The Morgan fingerprint density at radius 2 is 1.57 bits per heavy atom. The molecule has 4 heterocycles. The number of nitrogens with two attached hydrogens (primary N) is 1. The number of aromatic nitrogens is 2. The number of unbranched alkanes of at least 4 members (excludes halogenated alkanes) is 3. The summed E-state index contributed by atoms with van der Waals surface area (Å²) in [5.74, 6) is -3.55. The number of amides is 7. The Bertz CT molecular complexity index is 2150. The van der Waals surface area contributed by atoms with Crippen molar-refractivity contribution in [3.05, 3.63) is 34.2 Å². The molecule has 3 aliphatic rings. The summed E-state index contributed by atoms with van der Waals surface area (Å²) in [5, 5.41) is 7.66. The second kappa shape index (κ2) is 20.2. The molecular weight excluding hydrogens is 817 g/mol. The van der Waals surface area contributed by atoms with Gasteiger partial charge in [-0.05, 0) is 111 Å². The predicted octanol–water partition coefficient (Wildman–Crippen LogP) is 2.39. The second-order valence-corrected chi connectivity index (χ2v) is 18.8. The van der Waals surface area contributed by atoms with Crippen LogP contribution < -0.4 is 27.4 Å². The number of imidazole rings is 1. The molecule has 63 heavy (non-hydrogen) atoms. The highest BCUT2D eigenvalue weighted by molar-refractivity contribution is 6.00. The molecule has 0 bridgehead atoms. The van der Waals surface area contributed by atoms with Crippen molar-refractivity contribution >= 4 is 58.5 Å². The molecular formula is C44H64N8O11. The van der Waals surface area contributed by atoms with E-state index in [2.05, 4.69) is 16.0 Å². The number of hydrogen-bond donors (Lipinski definition) is 4. The number of nitrogens with zero attached hydrogens (tertiary/aromatic N) is 4. The lowest BCUT2D eigenvalue weighted by Gasteiger charge is -2.39. The van der Waals surface area contributed by atoms with Crippen molar-refractivity contribution in [3.63, 3.8) is 0 Å². The van der Waals surface area contributed by atoms with Crippen molar-refractivity contribution in [3.8, 4) is 0 Å². The SMILES string of the molecule is Cn1c(=O)n(C2CCC(=O)NC2=O)c2ccc(CCCCCCC(=O)N3CC[C@H]4CC[C@@H](C(=O)N[C@@H](CCC(N)=O)C(=O)OC(C)(C)C)N4C(=O)[C@@H](NC(=O)OC(C)(C)C)C3)cc21. The van der Waals surface area contributed by atoms with Gasteiger partial charge in [0.15, 0.2) is 0 Å². The Balaban J connectivity index is 1.19. The van der Waals surface area contributed by atoms with E-state index in [1.807, 2.05) is 18.2 Å². The molecule has 0 saturated carbocycles. The maximum absolute atomic E-state index is 14.4. The van der Waals surface area contributed by atoms with E-state index >= 15 is 0 Å². The summed E-state index contributed by atoms with van der Waals surface area (Å²) in [4.78, 5) is 120. The van der Waals surface area contributed by atoms with Crippen LogP contribution in [0.3, 0.4) is 0 Å². The maximum atomic E-state index is 14.4. The smallest absolute Gasteiger partial charge is 0.408 e. The van der Waals surface area contributed by atoms with Crippen LogP contribution in [-0.4, -0.2) is 115 Å². The van der Waals surface area contributed by atoms with Crippen molar-refractivity contribution in [2.75, 3.05) is 13.1 Å². The number of ether oxygens (including phenoxy) is 2. The van der Waals surface area contributed by atoms with Gasteiger partial charge in [0.2, 0.25) is 35.4 Å². The average Bonchev–Trinajstić information content (AvgIpc) is 3.70. The first-order valence-corrected chi connectivity index (χ1v) is 22.0. The summed E-state index contributed by atoms with van der Waals surface area (Å²) in [6.07, 6.45) is 4.40. The van der Waals surface area contributed by atoms with Gasteiger partial charge in [0.05, 0.1) is 17.6 Å². The number of piperidine rings is 1. The number of rotatable bonds is 15. The lowest BCUT2D eigenvalue weighted by atomic mass is 10.0. The van der Waals surface area contributed by atoms with Gasteiger partial charge in [-0.2, -0.15) is 0 Å².